The van der Waals surface area contributed by atoms with Crippen molar-refractivity contribution < 1.29 is 14.0 Å². The predicted molar refractivity (Wildman–Crippen MR) is 106 cm³/mol. The van der Waals surface area contributed by atoms with E-state index in [0.717, 1.165) is 16.7 Å². The van der Waals surface area contributed by atoms with E-state index >= 15 is 0 Å². The minimum Gasteiger partial charge on any atom is -0.459 e. The third-order valence-electron chi connectivity index (χ3n) is 3.98. The van der Waals surface area contributed by atoms with Crippen molar-refractivity contribution in [3.63, 3.8) is 0 Å². The summed E-state index contributed by atoms with van der Waals surface area (Å²) < 4.78 is 5.40. The maximum absolute atomic E-state index is 12.6. The summed E-state index contributed by atoms with van der Waals surface area (Å²) in [5.74, 6) is -0.0735. The van der Waals surface area contributed by atoms with Crippen LogP contribution in [-0.4, -0.2) is 17.9 Å². The first-order valence-electron chi connectivity index (χ1n) is 8.85. The Balaban J connectivity index is 1.67. The molecule has 5 nitrogen and oxygen atoms in total. The Hall–Kier alpha value is -3.34. The van der Waals surface area contributed by atoms with Crippen LogP contribution in [0.15, 0.2) is 71.3 Å². The van der Waals surface area contributed by atoms with Gasteiger partial charge in [0.25, 0.3) is 5.91 Å². The molecule has 5 heteroatoms. The van der Waals surface area contributed by atoms with Gasteiger partial charge in [-0.3, -0.25) is 9.59 Å². The second-order valence-corrected chi connectivity index (χ2v) is 6.58. The van der Waals surface area contributed by atoms with Crippen molar-refractivity contribution >= 4 is 17.5 Å². The average Bonchev–Trinajstić information content (AvgIpc) is 3.13. The van der Waals surface area contributed by atoms with E-state index in [9.17, 15) is 9.59 Å². The standard InChI is InChI=1S/C22H22N2O3/c1-15(2)23-20(25)14-16-8-10-18(11-9-16)24-22(26)21-19(12-13-27-21)17-6-4-3-5-7-17/h3-13,15H,14H2,1-2H3,(H,23,25)(H,24,26). The molecule has 0 saturated carbocycles. The van der Waals surface area contributed by atoms with Crippen LogP contribution in [0.4, 0.5) is 5.69 Å². The van der Waals surface area contributed by atoms with Gasteiger partial charge < -0.3 is 15.1 Å². The van der Waals surface area contributed by atoms with E-state index in [2.05, 4.69) is 10.6 Å². The maximum Gasteiger partial charge on any atom is 0.292 e. The first kappa shape index (κ1) is 18.5. The van der Waals surface area contributed by atoms with Crippen molar-refractivity contribution in [2.75, 3.05) is 5.32 Å². The zero-order chi connectivity index (χ0) is 19.2. The molecule has 0 unspecified atom stereocenters. The fraction of sp³-hybridized carbons (Fsp3) is 0.182. The molecule has 138 valence electrons. The number of carbonyl (C=O) groups excluding carboxylic acids is 2. The Labute approximate surface area is 158 Å². The van der Waals surface area contributed by atoms with E-state index in [4.69, 9.17) is 4.42 Å². The molecule has 0 saturated heterocycles. The molecule has 1 heterocycles. The lowest BCUT2D eigenvalue weighted by Gasteiger charge is -2.09. The maximum atomic E-state index is 12.6. The van der Waals surface area contributed by atoms with Crippen LogP contribution < -0.4 is 10.6 Å². The average molecular weight is 362 g/mol. The lowest BCUT2D eigenvalue weighted by molar-refractivity contribution is -0.120. The van der Waals surface area contributed by atoms with Crippen molar-refractivity contribution in [3.05, 3.63) is 78.3 Å². The van der Waals surface area contributed by atoms with Crippen LogP contribution in [0.5, 0.6) is 0 Å². The Morgan fingerprint density at radius 3 is 2.33 bits per heavy atom. The zero-order valence-corrected chi connectivity index (χ0v) is 15.4. The highest BCUT2D eigenvalue weighted by molar-refractivity contribution is 6.06. The molecule has 2 N–H and O–H groups in total. The Morgan fingerprint density at radius 1 is 0.963 bits per heavy atom. The fourth-order valence-electron chi connectivity index (χ4n) is 2.78. The van der Waals surface area contributed by atoms with Gasteiger partial charge in [0.05, 0.1) is 12.7 Å². The number of amides is 2. The van der Waals surface area contributed by atoms with Gasteiger partial charge in [0, 0.05) is 17.3 Å². The highest BCUT2D eigenvalue weighted by Crippen LogP contribution is 2.25. The van der Waals surface area contributed by atoms with Crippen molar-refractivity contribution in [2.24, 2.45) is 0 Å². The van der Waals surface area contributed by atoms with Crippen molar-refractivity contribution in [1.82, 2.24) is 5.32 Å². The fourth-order valence-corrected chi connectivity index (χ4v) is 2.78. The molecule has 3 aromatic rings. The van der Waals surface area contributed by atoms with E-state index < -0.39 is 0 Å². The number of carbonyl (C=O) groups is 2. The normalized spacial score (nSPS) is 10.6. The molecule has 0 bridgehead atoms. The van der Waals surface area contributed by atoms with Crippen LogP contribution in [0, 0.1) is 0 Å². The quantitative estimate of drug-likeness (QED) is 0.688. The first-order chi connectivity index (χ1) is 13.0. The van der Waals surface area contributed by atoms with Gasteiger partial charge in [-0.2, -0.15) is 0 Å². The molecule has 3 rings (SSSR count). The van der Waals surface area contributed by atoms with Crippen LogP contribution >= 0.6 is 0 Å². The van der Waals surface area contributed by atoms with E-state index in [1.54, 1.807) is 18.2 Å². The number of nitrogens with one attached hydrogen (secondary N) is 2. The molecule has 0 radical (unpaired) electrons. The van der Waals surface area contributed by atoms with Crippen LogP contribution in [0.3, 0.4) is 0 Å². The molecular weight excluding hydrogens is 340 g/mol. The monoisotopic (exact) mass is 362 g/mol. The topological polar surface area (TPSA) is 71.3 Å². The summed E-state index contributed by atoms with van der Waals surface area (Å²) >= 11 is 0. The molecule has 2 amide bonds. The minimum absolute atomic E-state index is 0.0233. The largest absolute Gasteiger partial charge is 0.459 e. The Bertz CT molecular complexity index is 912. The Kier molecular flexibility index (Phi) is 5.71. The minimum atomic E-state index is -0.316. The third kappa shape index (κ3) is 4.85. The number of benzene rings is 2. The summed E-state index contributed by atoms with van der Waals surface area (Å²) in [5, 5.41) is 5.69. The smallest absolute Gasteiger partial charge is 0.292 e. The van der Waals surface area contributed by atoms with Crippen LogP contribution in [0.1, 0.15) is 30.0 Å². The van der Waals surface area contributed by atoms with Crippen molar-refractivity contribution in [3.8, 4) is 11.1 Å². The van der Waals surface area contributed by atoms with Crippen LogP contribution in [0.2, 0.25) is 0 Å². The van der Waals surface area contributed by atoms with Gasteiger partial charge in [-0.1, -0.05) is 42.5 Å². The number of rotatable bonds is 6. The summed E-state index contributed by atoms with van der Waals surface area (Å²) in [6.45, 7) is 3.85. The summed E-state index contributed by atoms with van der Waals surface area (Å²) in [4.78, 5) is 24.4. The predicted octanol–water partition coefficient (Wildman–Crippen LogP) is 4.27. The lowest BCUT2D eigenvalue weighted by atomic mass is 10.1. The highest BCUT2D eigenvalue weighted by atomic mass is 16.3. The molecule has 0 aliphatic heterocycles. The second kappa shape index (κ2) is 8.36. The summed E-state index contributed by atoms with van der Waals surface area (Å²) in [7, 11) is 0. The third-order valence-corrected chi connectivity index (χ3v) is 3.98. The molecule has 1 aromatic heterocycles. The van der Waals surface area contributed by atoms with Gasteiger partial charge in [0.2, 0.25) is 5.91 Å². The van der Waals surface area contributed by atoms with Gasteiger partial charge in [-0.15, -0.1) is 0 Å². The summed E-state index contributed by atoms with van der Waals surface area (Å²) in [6.07, 6.45) is 1.82. The van der Waals surface area contributed by atoms with Crippen LogP contribution in [-0.2, 0) is 11.2 Å². The van der Waals surface area contributed by atoms with Gasteiger partial charge in [-0.25, -0.2) is 0 Å². The molecular formula is C22H22N2O3. The van der Waals surface area contributed by atoms with Gasteiger partial charge in [0.15, 0.2) is 5.76 Å². The molecule has 0 aliphatic rings. The van der Waals surface area contributed by atoms with E-state index in [1.165, 1.54) is 6.26 Å². The highest BCUT2D eigenvalue weighted by Gasteiger charge is 2.17. The lowest BCUT2D eigenvalue weighted by Crippen LogP contribution is -2.31. The second-order valence-electron chi connectivity index (χ2n) is 6.58. The molecule has 0 fully saturated rings. The van der Waals surface area contributed by atoms with E-state index in [0.29, 0.717) is 12.1 Å². The van der Waals surface area contributed by atoms with E-state index in [-0.39, 0.29) is 23.6 Å². The molecule has 2 aromatic carbocycles. The van der Waals surface area contributed by atoms with Gasteiger partial charge in [-0.05, 0) is 43.2 Å². The van der Waals surface area contributed by atoms with Gasteiger partial charge in [0.1, 0.15) is 0 Å². The van der Waals surface area contributed by atoms with Gasteiger partial charge >= 0.3 is 0 Å². The number of anilines is 1. The Morgan fingerprint density at radius 2 is 1.67 bits per heavy atom. The number of hydrogen-bond donors (Lipinski definition) is 2. The number of furan rings is 1. The SMILES string of the molecule is CC(C)NC(=O)Cc1ccc(NC(=O)c2occc2-c2ccccc2)cc1. The van der Waals surface area contributed by atoms with E-state index in [1.807, 2.05) is 56.3 Å². The zero-order valence-electron chi connectivity index (χ0n) is 15.4. The molecule has 0 atom stereocenters. The molecule has 27 heavy (non-hydrogen) atoms. The summed E-state index contributed by atoms with van der Waals surface area (Å²) in [5.41, 5.74) is 3.19. The van der Waals surface area contributed by atoms with Crippen LogP contribution in [0.25, 0.3) is 11.1 Å². The van der Waals surface area contributed by atoms with Crippen molar-refractivity contribution in [2.45, 2.75) is 26.3 Å². The summed E-state index contributed by atoms with van der Waals surface area (Å²) in [6, 6.07) is 18.7. The molecule has 0 aliphatic carbocycles. The number of hydrogen-bond acceptors (Lipinski definition) is 3. The first-order valence-corrected chi connectivity index (χ1v) is 8.85. The van der Waals surface area contributed by atoms with Crippen molar-refractivity contribution in [1.29, 1.82) is 0 Å². The molecule has 0 spiro atoms.